The van der Waals surface area contributed by atoms with Crippen LogP contribution in [0.3, 0.4) is 0 Å². The van der Waals surface area contributed by atoms with Crippen LogP contribution >= 0.6 is 0 Å². The van der Waals surface area contributed by atoms with Gasteiger partial charge in [-0.05, 0) is 38.9 Å². The number of carboxylic acids is 2. The minimum atomic E-state index is -1.22. The summed E-state index contributed by atoms with van der Waals surface area (Å²) in [4.78, 5) is 38.1. The highest BCUT2D eigenvalue weighted by Crippen LogP contribution is 2.17. The molecule has 1 fully saturated rings. The van der Waals surface area contributed by atoms with E-state index in [0.717, 1.165) is 30.8 Å². The van der Waals surface area contributed by atoms with E-state index in [0.29, 0.717) is 12.5 Å². The highest BCUT2D eigenvalue weighted by Gasteiger charge is 2.25. The maximum Gasteiger partial charge on any atom is 0.323 e. The van der Waals surface area contributed by atoms with Crippen LogP contribution in [0, 0.1) is 5.92 Å². The van der Waals surface area contributed by atoms with Gasteiger partial charge in [0, 0.05) is 13.6 Å². The van der Waals surface area contributed by atoms with Gasteiger partial charge in [-0.1, -0.05) is 0 Å². The first-order valence-corrected chi connectivity index (χ1v) is 6.91. The predicted octanol–water partition coefficient (Wildman–Crippen LogP) is -0.149. The maximum absolute atomic E-state index is 12.2. The number of carboxylic acid groups (broad SMARTS) is 2. The monoisotopic (exact) mass is 301 g/mol. The minimum Gasteiger partial charge on any atom is -0.480 e. The third-order valence-electron chi connectivity index (χ3n) is 3.62. The molecule has 0 unspecified atom stereocenters. The van der Waals surface area contributed by atoms with Crippen molar-refractivity contribution in [2.75, 3.05) is 46.8 Å². The minimum absolute atomic E-state index is 0.367. The van der Waals surface area contributed by atoms with Gasteiger partial charge < -0.3 is 24.9 Å². The molecule has 1 saturated heterocycles. The van der Waals surface area contributed by atoms with Crippen LogP contribution in [0.2, 0.25) is 0 Å². The second-order valence-electron chi connectivity index (χ2n) is 5.55. The van der Waals surface area contributed by atoms with Crippen molar-refractivity contribution in [2.24, 2.45) is 5.92 Å². The zero-order valence-corrected chi connectivity index (χ0v) is 12.5. The van der Waals surface area contributed by atoms with Crippen molar-refractivity contribution in [3.8, 4) is 0 Å². The van der Waals surface area contributed by atoms with Gasteiger partial charge in [-0.3, -0.25) is 9.59 Å². The van der Waals surface area contributed by atoms with Crippen LogP contribution in [0.25, 0.3) is 0 Å². The quantitative estimate of drug-likeness (QED) is 0.707. The molecule has 0 aromatic rings. The summed E-state index contributed by atoms with van der Waals surface area (Å²) in [7, 11) is 3.63. The topological polar surface area (TPSA) is 101 Å². The lowest BCUT2D eigenvalue weighted by Crippen LogP contribution is -2.48. The van der Waals surface area contributed by atoms with Crippen LogP contribution in [0.15, 0.2) is 0 Å². The number of carbonyl (C=O) groups excluding carboxylic acids is 1. The summed E-state index contributed by atoms with van der Waals surface area (Å²) in [5.74, 6) is -2.08. The van der Waals surface area contributed by atoms with Crippen LogP contribution < -0.4 is 0 Å². The largest absolute Gasteiger partial charge is 0.480 e. The Kier molecular flexibility index (Phi) is 6.41. The van der Waals surface area contributed by atoms with E-state index in [9.17, 15) is 14.4 Å². The van der Waals surface area contributed by atoms with E-state index in [4.69, 9.17) is 10.2 Å². The summed E-state index contributed by atoms with van der Waals surface area (Å²) in [6.07, 6.45) is 1.96. The predicted molar refractivity (Wildman–Crippen MR) is 75.1 cm³/mol. The van der Waals surface area contributed by atoms with Gasteiger partial charge in [0.1, 0.15) is 13.1 Å². The van der Waals surface area contributed by atoms with Gasteiger partial charge in [0.25, 0.3) is 0 Å². The number of piperidine rings is 1. The Morgan fingerprint density at radius 2 is 1.57 bits per heavy atom. The van der Waals surface area contributed by atoms with Crippen molar-refractivity contribution in [3.05, 3.63) is 0 Å². The Hall–Kier alpha value is -1.83. The van der Waals surface area contributed by atoms with Crippen LogP contribution in [-0.2, 0) is 9.59 Å². The zero-order valence-electron chi connectivity index (χ0n) is 12.5. The third kappa shape index (κ3) is 5.99. The van der Waals surface area contributed by atoms with Crippen LogP contribution in [0.1, 0.15) is 12.8 Å². The summed E-state index contributed by atoms with van der Waals surface area (Å²) in [6, 6.07) is -0.557. The smallest absolute Gasteiger partial charge is 0.323 e. The van der Waals surface area contributed by atoms with Crippen molar-refractivity contribution in [1.82, 2.24) is 14.7 Å². The molecule has 0 aliphatic carbocycles. The molecule has 0 aromatic heterocycles. The van der Waals surface area contributed by atoms with E-state index in [2.05, 4.69) is 4.90 Å². The molecular formula is C13H23N3O5. The number of aliphatic carboxylic acids is 2. The van der Waals surface area contributed by atoms with E-state index < -0.39 is 31.1 Å². The Morgan fingerprint density at radius 3 is 2.00 bits per heavy atom. The van der Waals surface area contributed by atoms with Crippen molar-refractivity contribution in [3.63, 3.8) is 0 Å². The number of rotatable bonds is 6. The van der Waals surface area contributed by atoms with Gasteiger partial charge in [0.2, 0.25) is 0 Å². The lowest BCUT2D eigenvalue weighted by atomic mass is 9.97. The summed E-state index contributed by atoms with van der Waals surface area (Å²) in [5.41, 5.74) is 0. The summed E-state index contributed by atoms with van der Waals surface area (Å²) < 4.78 is 0. The molecule has 8 heteroatoms. The van der Waals surface area contributed by atoms with Gasteiger partial charge in [-0.15, -0.1) is 0 Å². The molecule has 1 rings (SSSR count). The number of carbonyl (C=O) groups is 3. The van der Waals surface area contributed by atoms with Gasteiger partial charge in [-0.25, -0.2) is 4.79 Å². The lowest BCUT2D eigenvalue weighted by Gasteiger charge is -2.33. The molecule has 120 valence electrons. The van der Waals surface area contributed by atoms with E-state index >= 15 is 0 Å². The molecule has 21 heavy (non-hydrogen) atoms. The molecule has 1 aliphatic heterocycles. The Labute approximate surface area is 123 Å². The fraction of sp³-hybridized carbons (Fsp3) is 0.769. The molecule has 1 heterocycles. The van der Waals surface area contributed by atoms with Gasteiger partial charge >= 0.3 is 18.0 Å². The number of hydrogen-bond acceptors (Lipinski definition) is 4. The Balaban J connectivity index is 2.56. The Bertz CT molecular complexity index is 377. The zero-order chi connectivity index (χ0) is 16.0. The second-order valence-corrected chi connectivity index (χ2v) is 5.55. The number of amides is 2. The fourth-order valence-electron chi connectivity index (χ4n) is 2.47. The van der Waals surface area contributed by atoms with E-state index in [-0.39, 0.29) is 0 Å². The van der Waals surface area contributed by atoms with Gasteiger partial charge in [0.05, 0.1) is 0 Å². The van der Waals surface area contributed by atoms with Crippen molar-refractivity contribution < 1.29 is 24.6 Å². The summed E-state index contributed by atoms with van der Waals surface area (Å²) >= 11 is 0. The van der Waals surface area contributed by atoms with Crippen LogP contribution in [-0.4, -0.2) is 89.7 Å². The average molecular weight is 301 g/mol. The van der Waals surface area contributed by atoms with Gasteiger partial charge in [-0.2, -0.15) is 0 Å². The molecule has 0 aromatic carbocycles. The highest BCUT2D eigenvalue weighted by atomic mass is 16.4. The molecule has 2 amide bonds. The molecular weight excluding hydrogens is 278 g/mol. The number of urea groups is 1. The van der Waals surface area contributed by atoms with E-state index in [1.54, 1.807) is 7.05 Å². The normalized spacial score (nSPS) is 16.5. The molecule has 1 aliphatic rings. The number of likely N-dealkylation sites (tertiary alicyclic amines) is 1. The molecule has 8 nitrogen and oxygen atoms in total. The second kappa shape index (κ2) is 7.82. The third-order valence-corrected chi connectivity index (χ3v) is 3.62. The molecule has 0 radical (unpaired) electrons. The van der Waals surface area contributed by atoms with Crippen LogP contribution in [0.5, 0.6) is 0 Å². The molecule has 0 atom stereocenters. The average Bonchev–Trinajstić information content (AvgIpc) is 2.38. The summed E-state index contributed by atoms with van der Waals surface area (Å²) in [5, 5.41) is 17.5. The standard InChI is InChI=1S/C13H23N3O5/c1-14-5-3-10(4-6-14)7-15(2)13(21)16(8-11(17)18)9-12(19)20/h10H,3-9H2,1-2H3,(H,17,18)(H,19,20). The molecule has 0 spiro atoms. The van der Waals surface area contributed by atoms with E-state index in [1.807, 2.05) is 7.05 Å². The number of nitrogens with zero attached hydrogens (tertiary/aromatic N) is 3. The van der Waals surface area contributed by atoms with Crippen molar-refractivity contribution in [2.45, 2.75) is 12.8 Å². The first-order chi connectivity index (χ1) is 9.79. The Morgan fingerprint density at radius 1 is 1.10 bits per heavy atom. The highest BCUT2D eigenvalue weighted by molar-refractivity contribution is 5.84. The fourth-order valence-corrected chi connectivity index (χ4v) is 2.47. The van der Waals surface area contributed by atoms with Crippen LogP contribution in [0.4, 0.5) is 4.79 Å². The number of hydrogen-bond donors (Lipinski definition) is 2. The first kappa shape index (κ1) is 17.2. The van der Waals surface area contributed by atoms with E-state index in [1.165, 1.54) is 4.90 Å². The van der Waals surface area contributed by atoms with Crippen molar-refractivity contribution >= 4 is 18.0 Å². The van der Waals surface area contributed by atoms with Crippen molar-refractivity contribution in [1.29, 1.82) is 0 Å². The molecule has 0 saturated carbocycles. The maximum atomic E-state index is 12.2. The molecule has 0 bridgehead atoms. The lowest BCUT2D eigenvalue weighted by molar-refractivity contribution is -0.140. The molecule has 2 N–H and O–H groups in total. The SMILES string of the molecule is CN1CCC(CN(C)C(=O)N(CC(=O)O)CC(=O)O)CC1. The summed E-state index contributed by atoms with van der Waals surface area (Å²) in [6.45, 7) is 1.25. The van der Waals surface area contributed by atoms with Gasteiger partial charge in [0.15, 0.2) is 0 Å². The first-order valence-electron chi connectivity index (χ1n) is 6.91.